The highest BCUT2D eigenvalue weighted by molar-refractivity contribution is 5.79. The summed E-state index contributed by atoms with van der Waals surface area (Å²) in [5.74, 6) is -7.48. The molecule has 0 radical (unpaired) electrons. The van der Waals surface area contributed by atoms with Crippen molar-refractivity contribution < 1.29 is 31.9 Å². The normalized spacial score (nSPS) is 12.1. The first-order chi connectivity index (χ1) is 11.3. The average Bonchev–Trinajstić information content (AvgIpc) is 2.53. The van der Waals surface area contributed by atoms with Crippen LogP contribution in [0.15, 0.2) is 30.3 Å². The van der Waals surface area contributed by atoms with E-state index in [9.17, 15) is 31.9 Å². The van der Waals surface area contributed by atoms with Crippen LogP contribution in [-0.2, 0) is 11.2 Å². The molecular weight excluding hydrogens is 333 g/mol. The van der Waals surface area contributed by atoms with Crippen molar-refractivity contribution in [1.29, 1.82) is 0 Å². The molecule has 8 heteroatoms. The van der Waals surface area contributed by atoms with Crippen LogP contribution < -0.4 is 5.32 Å². The highest BCUT2D eigenvalue weighted by atomic mass is 19.2. The van der Waals surface area contributed by atoms with Gasteiger partial charge in [0.15, 0.2) is 29.1 Å². The third-order valence-electron chi connectivity index (χ3n) is 3.28. The van der Waals surface area contributed by atoms with Gasteiger partial charge in [0, 0.05) is 0 Å². The Morgan fingerprint density at radius 1 is 0.958 bits per heavy atom. The van der Waals surface area contributed by atoms with Gasteiger partial charge in [0.2, 0.25) is 5.91 Å². The van der Waals surface area contributed by atoms with Crippen molar-refractivity contribution in [3.8, 4) is 0 Å². The van der Waals surface area contributed by atoms with E-state index in [1.807, 2.05) is 0 Å². The number of benzene rings is 2. The number of aliphatic hydroxyl groups is 1. The zero-order valence-electron chi connectivity index (χ0n) is 12.1. The van der Waals surface area contributed by atoms with Gasteiger partial charge >= 0.3 is 0 Å². The maximum absolute atomic E-state index is 13.2. The number of rotatable bonds is 5. The lowest BCUT2D eigenvalue weighted by molar-refractivity contribution is -0.121. The quantitative estimate of drug-likeness (QED) is 0.647. The third-order valence-corrected chi connectivity index (χ3v) is 3.28. The Hall–Kier alpha value is -2.48. The fourth-order valence-electron chi connectivity index (χ4n) is 2.09. The van der Waals surface area contributed by atoms with E-state index in [4.69, 9.17) is 0 Å². The van der Waals surface area contributed by atoms with Gasteiger partial charge in [0.25, 0.3) is 0 Å². The van der Waals surface area contributed by atoms with E-state index < -0.39 is 47.6 Å². The minimum absolute atomic E-state index is 0.166. The van der Waals surface area contributed by atoms with E-state index in [-0.39, 0.29) is 17.5 Å². The summed E-state index contributed by atoms with van der Waals surface area (Å²) >= 11 is 0. The van der Waals surface area contributed by atoms with Crippen LogP contribution in [0.2, 0.25) is 0 Å². The van der Waals surface area contributed by atoms with Crippen LogP contribution in [0, 0.1) is 29.1 Å². The Bertz CT molecular complexity index is 743. The number of aliphatic hydroxyl groups excluding tert-OH is 1. The summed E-state index contributed by atoms with van der Waals surface area (Å²) in [7, 11) is 0. The van der Waals surface area contributed by atoms with E-state index >= 15 is 0 Å². The van der Waals surface area contributed by atoms with Gasteiger partial charge < -0.3 is 10.4 Å². The molecule has 0 heterocycles. The van der Waals surface area contributed by atoms with Crippen LogP contribution in [0.5, 0.6) is 0 Å². The molecule has 0 aromatic heterocycles. The predicted molar refractivity (Wildman–Crippen MR) is 74.3 cm³/mol. The van der Waals surface area contributed by atoms with Gasteiger partial charge in [0.1, 0.15) is 0 Å². The fraction of sp³-hybridized carbons (Fsp3) is 0.188. The second kappa shape index (κ2) is 7.39. The molecular formula is C16H12F5NO2. The molecule has 3 nitrogen and oxygen atoms in total. The number of amides is 1. The van der Waals surface area contributed by atoms with Crippen molar-refractivity contribution in [1.82, 2.24) is 5.32 Å². The summed E-state index contributed by atoms with van der Waals surface area (Å²) in [4.78, 5) is 11.9. The van der Waals surface area contributed by atoms with Crippen molar-refractivity contribution >= 4 is 5.91 Å². The molecule has 1 atom stereocenters. The fourth-order valence-corrected chi connectivity index (χ4v) is 2.09. The molecule has 0 aliphatic carbocycles. The maximum atomic E-state index is 13.2. The largest absolute Gasteiger partial charge is 0.394 e. The van der Waals surface area contributed by atoms with Crippen molar-refractivity contribution in [2.45, 2.75) is 12.5 Å². The molecule has 1 amide bonds. The zero-order valence-corrected chi connectivity index (χ0v) is 12.1. The lowest BCUT2D eigenvalue weighted by Crippen LogP contribution is -2.32. The molecule has 2 N–H and O–H groups in total. The lowest BCUT2D eigenvalue weighted by Gasteiger charge is -2.17. The van der Waals surface area contributed by atoms with Gasteiger partial charge in [0.05, 0.1) is 19.1 Å². The Labute approximate surface area is 133 Å². The minimum atomic E-state index is -1.66. The number of hydrogen-bond acceptors (Lipinski definition) is 2. The summed E-state index contributed by atoms with van der Waals surface area (Å²) in [5.41, 5.74) is -0.00732. The Kier molecular flexibility index (Phi) is 5.50. The van der Waals surface area contributed by atoms with Gasteiger partial charge in [-0.1, -0.05) is 6.07 Å². The second-order valence-electron chi connectivity index (χ2n) is 5.03. The molecule has 2 rings (SSSR count). The topological polar surface area (TPSA) is 49.3 Å². The SMILES string of the molecule is O=C(Cc1ccc(F)c(F)c1)NC(CO)c1cc(F)c(F)c(F)c1. The number of carbonyl (C=O) groups excluding carboxylic acids is 1. The number of hydrogen-bond donors (Lipinski definition) is 2. The van der Waals surface area contributed by atoms with Crippen LogP contribution >= 0.6 is 0 Å². The van der Waals surface area contributed by atoms with Crippen molar-refractivity contribution in [3.05, 3.63) is 70.5 Å². The zero-order chi connectivity index (χ0) is 17.9. The van der Waals surface area contributed by atoms with Crippen molar-refractivity contribution in [3.63, 3.8) is 0 Å². The monoisotopic (exact) mass is 345 g/mol. The molecule has 2 aromatic carbocycles. The highest BCUT2D eigenvalue weighted by Gasteiger charge is 2.19. The first-order valence-corrected chi connectivity index (χ1v) is 6.80. The first kappa shape index (κ1) is 17.9. The Morgan fingerprint density at radius 3 is 2.12 bits per heavy atom. The summed E-state index contributed by atoms with van der Waals surface area (Å²) in [6, 6.07) is 3.00. The number of halogens is 5. The first-order valence-electron chi connectivity index (χ1n) is 6.80. The summed E-state index contributed by atoms with van der Waals surface area (Å²) < 4.78 is 65.3. The summed E-state index contributed by atoms with van der Waals surface area (Å²) in [5, 5.41) is 11.5. The molecule has 0 saturated carbocycles. The van der Waals surface area contributed by atoms with Gasteiger partial charge in [-0.05, 0) is 35.4 Å². The van der Waals surface area contributed by atoms with Crippen molar-refractivity contribution in [2.75, 3.05) is 6.61 Å². The van der Waals surface area contributed by atoms with Crippen LogP contribution in [0.25, 0.3) is 0 Å². The molecule has 0 spiro atoms. The molecule has 2 aromatic rings. The van der Waals surface area contributed by atoms with E-state index in [0.717, 1.165) is 12.1 Å². The Balaban J connectivity index is 2.12. The molecule has 0 fully saturated rings. The molecule has 24 heavy (non-hydrogen) atoms. The maximum Gasteiger partial charge on any atom is 0.224 e. The van der Waals surface area contributed by atoms with E-state index in [1.165, 1.54) is 6.07 Å². The predicted octanol–water partition coefficient (Wildman–Crippen LogP) is 2.77. The molecule has 0 bridgehead atoms. The van der Waals surface area contributed by atoms with Gasteiger partial charge in [-0.25, -0.2) is 22.0 Å². The second-order valence-corrected chi connectivity index (χ2v) is 5.03. The van der Waals surface area contributed by atoms with Crippen LogP contribution in [0.3, 0.4) is 0 Å². The standard InChI is InChI=1S/C16H12F5NO2/c17-10-2-1-8(3-11(10)18)4-15(24)22-14(7-23)9-5-12(19)16(21)13(20)6-9/h1-3,5-6,14,23H,4,7H2,(H,22,24). The minimum Gasteiger partial charge on any atom is -0.394 e. The van der Waals surface area contributed by atoms with Gasteiger partial charge in [-0.15, -0.1) is 0 Å². The van der Waals surface area contributed by atoms with Gasteiger partial charge in [-0.2, -0.15) is 0 Å². The van der Waals surface area contributed by atoms with E-state index in [2.05, 4.69) is 5.32 Å². The molecule has 0 aliphatic rings. The number of nitrogens with one attached hydrogen (secondary N) is 1. The summed E-state index contributed by atoms with van der Waals surface area (Å²) in [6.45, 7) is -0.700. The molecule has 1 unspecified atom stereocenters. The highest BCUT2D eigenvalue weighted by Crippen LogP contribution is 2.19. The molecule has 0 aliphatic heterocycles. The van der Waals surface area contributed by atoms with E-state index in [1.54, 1.807) is 0 Å². The molecule has 128 valence electrons. The van der Waals surface area contributed by atoms with Crippen LogP contribution in [-0.4, -0.2) is 17.6 Å². The third kappa shape index (κ3) is 4.08. The smallest absolute Gasteiger partial charge is 0.224 e. The van der Waals surface area contributed by atoms with Gasteiger partial charge in [-0.3, -0.25) is 4.79 Å². The lowest BCUT2D eigenvalue weighted by atomic mass is 10.1. The van der Waals surface area contributed by atoms with E-state index in [0.29, 0.717) is 12.1 Å². The van der Waals surface area contributed by atoms with Crippen LogP contribution in [0.1, 0.15) is 17.2 Å². The van der Waals surface area contributed by atoms with Crippen LogP contribution in [0.4, 0.5) is 22.0 Å². The van der Waals surface area contributed by atoms with Crippen molar-refractivity contribution in [2.24, 2.45) is 0 Å². The average molecular weight is 345 g/mol. The summed E-state index contributed by atoms with van der Waals surface area (Å²) in [6.07, 6.45) is -0.347. The Morgan fingerprint density at radius 2 is 1.58 bits per heavy atom. The molecule has 0 saturated heterocycles. The number of carbonyl (C=O) groups is 1.